The number of nitrogens with one attached hydrogen (secondary N) is 2. The van der Waals surface area contributed by atoms with Crippen molar-refractivity contribution in [2.75, 3.05) is 56.9 Å². The summed E-state index contributed by atoms with van der Waals surface area (Å²) in [5.41, 5.74) is 2.92. The highest BCUT2D eigenvalue weighted by Crippen LogP contribution is 2.47. The smallest absolute Gasteiger partial charge is 0.418 e. The number of pyridine rings is 2. The molecule has 6 rings (SSSR count). The molecule has 3 aliphatic rings. The summed E-state index contributed by atoms with van der Waals surface area (Å²) in [6.07, 6.45) is -0.262. The number of nitrogen functional groups attached to an aromatic ring is 1. The molecule has 43 heavy (non-hydrogen) atoms. The Morgan fingerprint density at radius 1 is 1.12 bits per heavy atom. The molecule has 2 aliphatic heterocycles. The average molecular weight is 605 g/mol. The van der Waals surface area contributed by atoms with E-state index in [9.17, 15) is 13.2 Å². The first-order valence-electron chi connectivity index (χ1n) is 14.8. The van der Waals surface area contributed by atoms with Crippen LogP contribution in [-0.4, -0.2) is 76.8 Å². The number of hydrogen-bond donors (Lipinski definition) is 3. The van der Waals surface area contributed by atoms with E-state index in [-0.39, 0.29) is 39.8 Å². The Labute approximate surface area is 246 Å². The molecule has 1 atom stereocenters. The van der Waals surface area contributed by atoms with E-state index < -0.39 is 40.6 Å². The third-order valence-electron chi connectivity index (χ3n) is 8.35. The van der Waals surface area contributed by atoms with Crippen molar-refractivity contribution in [1.82, 2.24) is 30.2 Å². The number of aromatic nitrogens is 4. The number of aryl methyl sites for hydroxylation is 1. The fraction of sp³-hybridized carbons (Fsp3) is 0.586. The summed E-state index contributed by atoms with van der Waals surface area (Å²) in [5, 5.41) is 6.62. The zero-order valence-corrected chi connectivity index (χ0v) is 24.3. The van der Waals surface area contributed by atoms with Crippen molar-refractivity contribution in [3.63, 3.8) is 0 Å². The Bertz CT molecular complexity index is 1510. The quantitative estimate of drug-likeness (QED) is 0.345. The number of nitrogens with two attached hydrogens (primary N) is 1. The Morgan fingerprint density at radius 3 is 2.60 bits per heavy atom. The summed E-state index contributed by atoms with van der Waals surface area (Å²) in [5.74, 6) is -1.11. The second-order valence-electron chi connectivity index (χ2n) is 11.9. The summed E-state index contributed by atoms with van der Waals surface area (Å²) in [6, 6.07) is 0.910. The molecule has 0 spiro atoms. The van der Waals surface area contributed by atoms with Crippen LogP contribution in [0.1, 0.15) is 50.3 Å². The molecule has 10 nitrogen and oxygen atoms in total. The van der Waals surface area contributed by atoms with Gasteiger partial charge < -0.3 is 30.7 Å². The van der Waals surface area contributed by atoms with Crippen LogP contribution in [0.3, 0.4) is 0 Å². The zero-order chi connectivity index (χ0) is 30.4. The lowest BCUT2D eigenvalue weighted by atomic mass is 10.0. The third kappa shape index (κ3) is 6.26. The van der Waals surface area contributed by atoms with Crippen molar-refractivity contribution in [2.24, 2.45) is 5.41 Å². The first-order valence-corrected chi connectivity index (χ1v) is 14.8. The van der Waals surface area contributed by atoms with E-state index in [1.165, 1.54) is 19.8 Å². The Hall–Kier alpha value is -3.52. The lowest BCUT2D eigenvalue weighted by Crippen LogP contribution is -2.31. The van der Waals surface area contributed by atoms with Crippen LogP contribution in [0, 0.1) is 18.2 Å². The van der Waals surface area contributed by atoms with Crippen LogP contribution < -0.4 is 25.8 Å². The summed E-state index contributed by atoms with van der Waals surface area (Å²) >= 11 is 0. The molecule has 2 fully saturated rings. The molecular formula is C29H36F4N8O2. The number of nitrogens with zero attached hydrogens (tertiary/aromatic N) is 5. The van der Waals surface area contributed by atoms with E-state index in [0.29, 0.717) is 32.7 Å². The molecule has 232 valence electrons. The Kier molecular flexibility index (Phi) is 7.92. The van der Waals surface area contributed by atoms with Crippen molar-refractivity contribution in [3.05, 3.63) is 23.1 Å². The topological polar surface area (TPSA) is 123 Å². The summed E-state index contributed by atoms with van der Waals surface area (Å²) < 4.78 is 71.5. The molecular weight excluding hydrogens is 568 g/mol. The molecule has 0 radical (unpaired) electrons. The van der Waals surface area contributed by atoms with Gasteiger partial charge in [0, 0.05) is 30.6 Å². The standard InChI is InChI=1S/C29H36F4N8O2/c1-16-5-8-35-9-10-36-25-20-24(39-27(40-25)42-15-28(6-7-28)14-41-11-3-4-12-41)22(30)23(38-26(20)43-16)18-13-19(34)37-17(2)21(18)29(31,32)33/h13,16,35H,3-12,14-15H2,1-2H3,(H2,34,37)(H,36,39,40). The summed E-state index contributed by atoms with van der Waals surface area (Å²) in [6.45, 7) is 8.07. The molecule has 1 saturated heterocycles. The van der Waals surface area contributed by atoms with E-state index in [0.717, 1.165) is 38.5 Å². The van der Waals surface area contributed by atoms with Gasteiger partial charge in [-0.2, -0.15) is 23.1 Å². The van der Waals surface area contributed by atoms with Gasteiger partial charge in [0.15, 0.2) is 5.82 Å². The highest BCUT2D eigenvalue weighted by Gasteiger charge is 2.45. The molecule has 1 unspecified atom stereocenters. The Balaban J connectivity index is 1.48. The van der Waals surface area contributed by atoms with Crippen LogP contribution >= 0.6 is 0 Å². The fourth-order valence-corrected chi connectivity index (χ4v) is 5.92. The molecule has 3 aromatic rings. The predicted octanol–water partition coefficient (Wildman–Crippen LogP) is 4.56. The van der Waals surface area contributed by atoms with Crippen LogP contribution in [0.5, 0.6) is 11.9 Å². The molecule has 1 saturated carbocycles. The van der Waals surface area contributed by atoms with Gasteiger partial charge in [0.25, 0.3) is 0 Å². The molecule has 4 N–H and O–H groups in total. The lowest BCUT2D eigenvalue weighted by molar-refractivity contribution is -0.137. The number of hydrogen-bond acceptors (Lipinski definition) is 10. The van der Waals surface area contributed by atoms with Gasteiger partial charge in [-0.1, -0.05) is 0 Å². The number of halogens is 4. The van der Waals surface area contributed by atoms with Gasteiger partial charge in [-0.15, -0.1) is 0 Å². The first kappa shape index (κ1) is 29.5. The van der Waals surface area contributed by atoms with Crippen molar-refractivity contribution in [3.8, 4) is 23.1 Å². The van der Waals surface area contributed by atoms with Crippen LogP contribution in [0.4, 0.5) is 29.2 Å². The van der Waals surface area contributed by atoms with Crippen molar-refractivity contribution in [1.29, 1.82) is 0 Å². The minimum absolute atomic E-state index is 0.0156. The molecule has 5 heterocycles. The maximum Gasteiger partial charge on any atom is 0.418 e. The number of ether oxygens (including phenoxy) is 2. The SMILES string of the molecule is Cc1nc(N)cc(-c2nc3c4c(nc(OCC5(CN6CCCC6)CC5)nc4c2F)NCCNCCC(C)O3)c1C(F)(F)F. The molecule has 1 aliphatic carbocycles. The van der Waals surface area contributed by atoms with Crippen molar-refractivity contribution in [2.45, 2.75) is 58.2 Å². The number of rotatable bonds is 6. The van der Waals surface area contributed by atoms with Crippen LogP contribution in [-0.2, 0) is 6.18 Å². The van der Waals surface area contributed by atoms with Crippen LogP contribution in [0.25, 0.3) is 22.2 Å². The maximum absolute atomic E-state index is 16.5. The number of likely N-dealkylation sites (tertiary alicyclic amines) is 1. The number of alkyl halides is 3. The van der Waals surface area contributed by atoms with Crippen molar-refractivity contribution < 1.29 is 27.0 Å². The largest absolute Gasteiger partial charge is 0.474 e. The zero-order valence-electron chi connectivity index (χ0n) is 24.3. The van der Waals surface area contributed by atoms with Gasteiger partial charge in [0.2, 0.25) is 5.88 Å². The summed E-state index contributed by atoms with van der Waals surface area (Å²) in [7, 11) is 0. The van der Waals surface area contributed by atoms with E-state index in [1.807, 2.05) is 6.92 Å². The molecule has 0 aromatic carbocycles. The van der Waals surface area contributed by atoms with Gasteiger partial charge in [-0.3, -0.25) is 0 Å². The van der Waals surface area contributed by atoms with E-state index in [2.05, 4.69) is 35.5 Å². The molecule has 14 heteroatoms. The van der Waals surface area contributed by atoms with Gasteiger partial charge >= 0.3 is 12.2 Å². The average Bonchev–Trinajstić information content (AvgIpc) is 3.51. The third-order valence-corrected chi connectivity index (χ3v) is 8.35. The van der Waals surface area contributed by atoms with E-state index in [1.54, 1.807) is 0 Å². The molecule has 0 bridgehead atoms. The highest BCUT2D eigenvalue weighted by atomic mass is 19.4. The van der Waals surface area contributed by atoms with Crippen molar-refractivity contribution >= 4 is 22.5 Å². The van der Waals surface area contributed by atoms with Crippen LogP contribution in [0.15, 0.2) is 6.07 Å². The summed E-state index contributed by atoms with van der Waals surface area (Å²) in [4.78, 5) is 19.5. The normalized spacial score (nSPS) is 20.7. The van der Waals surface area contributed by atoms with E-state index in [4.69, 9.17) is 15.2 Å². The van der Waals surface area contributed by atoms with Gasteiger partial charge in [-0.25, -0.2) is 14.4 Å². The predicted molar refractivity (Wildman–Crippen MR) is 154 cm³/mol. The first-order chi connectivity index (χ1) is 20.5. The molecule has 3 aromatic heterocycles. The van der Waals surface area contributed by atoms with Crippen LogP contribution in [0.2, 0.25) is 0 Å². The second-order valence-corrected chi connectivity index (χ2v) is 11.9. The number of anilines is 2. The molecule has 0 amide bonds. The van der Waals surface area contributed by atoms with E-state index >= 15 is 4.39 Å². The lowest BCUT2D eigenvalue weighted by Gasteiger charge is -2.23. The maximum atomic E-state index is 16.5. The highest BCUT2D eigenvalue weighted by molar-refractivity contribution is 5.96. The second kappa shape index (κ2) is 11.5. The van der Waals surface area contributed by atoms with Gasteiger partial charge in [-0.05, 0) is 71.7 Å². The minimum atomic E-state index is -4.84. The monoisotopic (exact) mass is 604 g/mol. The Morgan fingerprint density at radius 2 is 1.88 bits per heavy atom. The minimum Gasteiger partial charge on any atom is -0.474 e. The van der Waals surface area contributed by atoms with Gasteiger partial charge in [0.1, 0.15) is 28.2 Å². The fourth-order valence-electron chi connectivity index (χ4n) is 5.92. The van der Waals surface area contributed by atoms with Gasteiger partial charge in [0.05, 0.1) is 24.0 Å².